The van der Waals surface area contributed by atoms with Gasteiger partial charge < -0.3 is 18.2 Å². The van der Waals surface area contributed by atoms with Gasteiger partial charge in [-0.2, -0.15) is 18.7 Å². The summed E-state index contributed by atoms with van der Waals surface area (Å²) < 4.78 is 74.7. The maximum atomic E-state index is 17.1. The number of thiol groups is 1. The fourth-order valence-corrected chi connectivity index (χ4v) is 9.24. The van der Waals surface area contributed by atoms with Crippen molar-refractivity contribution in [3.63, 3.8) is 0 Å². The van der Waals surface area contributed by atoms with Crippen LogP contribution in [0.1, 0.15) is 58.4 Å². The van der Waals surface area contributed by atoms with Gasteiger partial charge in [0.15, 0.2) is 0 Å². The number of benzene rings is 2. The van der Waals surface area contributed by atoms with Gasteiger partial charge in [0.2, 0.25) is 0 Å². The third-order valence-electron chi connectivity index (χ3n) is 10.9. The first-order valence-electron chi connectivity index (χ1n) is 18.0. The second kappa shape index (κ2) is 16.1. The van der Waals surface area contributed by atoms with Crippen LogP contribution in [0.2, 0.25) is 0 Å². The van der Waals surface area contributed by atoms with Crippen LogP contribution in [0.5, 0.6) is 11.8 Å². The van der Waals surface area contributed by atoms with E-state index >= 15 is 8.78 Å². The van der Waals surface area contributed by atoms with Crippen LogP contribution in [0.15, 0.2) is 42.1 Å². The minimum Gasteiger partial charge on any atom is -0.813 e. The number of rotatable bonds is 5. The van der Waals surface area contributed by atoms with E-state index in [1.165, 1.54) is 30.5 Å². The molecule has 0 saturated carbocycles. The molecule has 56 heavy (non-hydrogen) atoms. The van der Waals surface area contributed by atoms with Crippen molar-refractivity contribution in [2.75, 3.05) is 37.7 Å². The van der Waals surface area contributed by atoms with Crippen LogP contribution in [0, 0.1) is 21.0 Å². The average Bonchev–Trinajstić information content (AvgIpc) is 3.76. The van der Waals surface area contributed by atoms with Crippen molar-refractivity contribution in [3.05, 3.63) is 59.3 Å². The van der Waals surface area contributed by atoms with E-state index in [0.717, 1.165) is 19.3 Å². The summed E-state index contributed by atoms with van der Waals surface area (Å²) in [6.07, 6.45) is 2.52. The number of anilines is 1. The molecule has 4 aromatic rings. The molecule has 0 spiro atoms. The Labute approximate surface area is 348 Å². The predicted octanol–water partition coefficient (Wildman–Crippen LogP) is 6.45. The topological polar surface area (TPSA) is 104 Å². The number of nitrogens with zero attached hydrogens (tertiary/aromatic N) is 6. The Kier molecular flexibility index (Phi) is 12.1. The molecule has 4 aliphatic rings. The predicted molar refractivity (Wildman–Crippen MR) is 214 cm³/mol. The van der Waals surface area contributed by atoms with Gasteiger partial charge >= 0.3 is 198 Å². The Hall–Kier alpha value is -3.46. The van der Waals surface area contributed by atoms with Gasteiger partial charge in [0, 0.05) is 12.1 Å². The second-order valence-corrected chi connectivity index (χ2v) is 16.7. The quantitative estimate of drug-likeness (QED) is 0.0600. The molecule has 294 valence electrons. The number of aromatic nitrogens is 3. The van der Waals surface area contributed by atoms with E-state index in [2.05, 4.69) is 19.4 Å². The van der Waals surface area contributed by atoms with Gasteiger partial charge in [-0.15, -0.1) is 0 Å². The molecule has 4 fully saturated rings. The number of phenols is 1. The Morgan fingerprint density at radius 3 is 2.54 bits per heavy atom. The van der Waals surface area contributed by atoms with E-state index < -0.39 is 28.9 Å². The summed E-state index contributed by atoms with van der Waals surface area (Å²) in [6, 6.07) is 5.03. The molecule has 4 aliphatic heterocycles. The van der Waals surface area contributed by atoms with E-state index in [9.17, 15) is 18.7 Å². The number of pyridine rings is 1. The molecule has 17 heteroatoms. The molecular formula is C39H41F4N6O4PSTl-. The number of hydrogen-bond donors (Lipinski definition) is 1. The standard InChI is InChI=1S/C39H37F4N6O4.H3P.H2S.Tl/c1-5-26-29(40)10-7-21-13-25(50)14-27(30(21)26)32-31(41)33-28(16-44-32)35(47-18-23-8-9-24(19-47)49(23)37(51)53-38(2,3)4)46-36(45-33)52-20-39-11-6-12-48(39)17-22(15-39)34(42)43;;;/h7,10,13-14,16,23-24,50H,6,8-9,11-12,15,17-20H2,2-4H3;1H3;1H2;/p-1. The summed E-state index contributed by atoms with van der Waals surface area (Å²) in [5.41, 5.74) is -1.32. The number of hydrogen-bond acceptors (Lipinski definition) is 10. The molecule has 2 bridgehead atoms. The third-order valence-corrected chi connectivity index (χ3v) is 11.5. The van der Waals surface area contributed by atoms with Crippen molar-refractivity contribution in [1.29, 1.82) is 0 Å². The number of carbonyl (C=O) groups excluding carboxylic acids is 1. The number of ether oxygens (including phenoxy) is 2. The summed E-state index contributed by atoms with van der Waals surface area (Å²) in [5, 5.41) is 11.7. The zero-order valence-corrected chi connectivity index (χ0v) is 38.0. The monoisotopic (exact) mass is 1000 g/mol. The molecule has 1 amide bonds. The fraction of sp³-hybridized carbons (Fsp3) is 0.436. The number of phenolic OH excluding ortho intramolecular Hbond substituents is 1. The van der Waals surface area contributed by atoms with Gasteiger partial charge in [0.1, 0.15) is 5.60 Å². The Morgan fingerprint density at radius 1 is 1.12 bits per heavy atom. The minimum atomic E-state index is -1.68. The smallest absolute Gasteiger partial charge is 0.813 e. The van der Waals surface area contributed by atoms with Crippen LogP contribution in [-0.2, 0) is 18.2 Å². The summed E-state index contributed by atoms with van der Waals surface area (Å²) in [4.78, 5) is 32.9. The first-order valence-corrected chi connectivity index (χ1v) is 20.2. The molecule has 8 rings (SSSR count). The molecular weight excluding hydrogens is 960 g/mol. The number of piperazine rings is 1. The van der Waals surface area contributed by atoms with E-state index in [4.69, 9.17) is 14.5 Å². The van der Waals surface area contributed by atoms with Crippen LogP contribution in [0.3, 0.4) is 0 Å². The zero-order chi connectivity index (χ0) is 38.1. The van der Waals surface area contributed by atoms with Crippen LogP contribution < -0.4 is 9.64 Å². The fourth-order valence-electron chi connectivity index (χ4n) is 8.67. The van der Waals surface area contributed by atoms with Crippen LogP contribution in [0.25, 0.3) is 32.9 Å². The molecule has 0 aliphatic carbocycles. The summed E-state index contributed by atoms with van der Waals surface area (Å²) in [5.74, 6) is 1.61. The van der Waals surface area contributed by atoms with Crippen molar-refractivity contribution < 1.29 is 36.9 Å². The van der Waals surface area contributed by atoms with Gasteiger partial charge in [0.25, 0.3) is 6.08 Å². The van der Waals surface area contributed by atoms with E-state index in [-0.39, 0.29) is 132 Å². The molecule has 4 saturated heterocycles. The van der Waals surface area contributed by atoms with E-state index in [1.807, 2.05) is 30.6 Å². The number of aromatic hydroxyl groups is 1. The molecule has 4 atom stereocenters. The molecule has 1 N–H and O–H groups in total. The Morgan fingerprint density at radius 2 is 1.86 bits per heavy atom. The first-order chi connectivity index (χ1) is 25.7. The Balaban J connectivity index is 0.00000266. The van der Waals surface area contributed by atoms with Gasteiger partial charge in [-0.3, -0.25) is 9.80 Å². The molecule has 0 radical (unpaired) electrons. The average molecular weight is 1000 g/mol. The van der Waals surface area contributed by atoms with Crippen molar-refractivity contribution in [1.82, 2.24) is 24.8 Å². The van der Waals surface area contributed by atoms with Crippen LogP contribution in [0.4, 0.5) is 28.2 Å². The van der Waals surface area contributed by atoms with Gasteiger partial charge in [0.05, 0.1) is 17.6 Å². The number of carbonyl (C=O) groups is 1. The van der Waals surface area contributed by atoms with Gasteiger partial charge in [-0.25, -0.2) is 4.79 Å². The van der Waals surface area contributed by atoms with Gasteiger partial charge in [-0.1, -0.05) is 0 Å². The maximum absolute atomic E-state index is 17.1. The van der Waals surface area contributed by atoms with Crippen molar-refractivity contribution in [2.45, 2.75) is 76.1 Å². The molecule has 2 aromatic carbocycles. The molecule has 10 nitrogen and oxygen atoms in total. The van der Waals surface area contributed by atoms with Crippen molar-refractivity contribution in [2.24, 2.45) is 0 Å². The van der Waals surface area contributed by atoms with Crippen molar-refractivity contribution in [3.8, 4) is 32.4 Å². The minimum absolute atomic E-state index is 0. The van der Waals surface area contributed by atoms with Crippen LogP contribution >= 0.6 is 9.90 Å². The van der Waals surface area contributed by atoms with E-state index in [1.54, 1.807) is 4.90 Å². The first kappa shape index (κ1) is 42.2. The second-order valence-electron chi connectivity index (χ2n) is 15.6. The zero-order valence-electron chi connectivity index (χ0n) is 31.2. The summed E-state index contributed by atoms with van der Waals surface area (Å²) in [6.45, 7) is 7.07. The van der Waals surface area contributed by atoms with Crippen molar-refractivity contribution >= 4 is 82.7 Å². The molecule has 6 heterocycles. The number of amides is 1. The molecule has 2 aromatic heterocycles. The number of fused-ring (bicyclic) bond motifs is 5. The normalized spacial score (nSPS) is 21.6. The number of halogens is 4. The third kappa shape index (κ3) is 7.63. The SMILES string of the molecule is CC(C)(C)OC(=O)N1C2CCC1CN(c1nc(OCC34CCCN3CC(=C(F)F)C4)nc3c(F)c(-c4cc(O)cc5ccc(F)c(C#[C][Tl])c45)ncc13)C2.P.[SH-]. The molecule has 4 unspecified atom stereocenters. The van der Waals surface area contributed by atoms with Crippen LogP contribution in [-0.4, -0.2) is 118 Å². The Bertz CT molecular complexity index is 2310. The summed E-state index contributed by atoms with van der Waals surface area (Å²) in [7, 11) is 0. The van der Waals surface area contributed by atoms with Gasteiger partial charge in [-0.05, 0) is 59.4 Å². The summed E-state index contributed by atoms with van der Waals surface area (Å²) >= 11 is 0.259. The van der Waals surface area contributed by atoms with E-state index in [0.29, 0.717) is 42.6 Å².